The van der Waals surface area contributed by atoms with Crippen LogP contribution < -0.4 is 0 Å². The third-order valence-electron chi connectivity index (χ3n) is 9.80. The van der Waals surface area contributed by atoms with E-state index >= 15 is 0 Å². The summed E-state index contributed by atoms with van der Waals surface area (Å²) in [5.74, 6) is -1.75. The van der Waals surface area contributed by atoms with Crippen molar-refractivity contribution in [2.24, 2.45) is 0 Å². The molecule has 1 aromatic carbocycles. The van der Waals surface area contributed by atoms with Gasteiger partial charge >= 0.3 is 11.9 Å². The first kappa shape index (κ1) is 47.6. The van der Waals surface area contributed by atoms with Crippen LogP contribution in [0.5, 0.6) is 0 Å². The van der Waals surface area contributed by atoms with Crippen molar-refractivity contribution in [3.63, 3.8) is 0 Å². The zero-order valence-corrected chi connectivity index (χ0v) is 33.5. The van der Waals surface area contributed by atoms with Gasteiger partial charge in [-0.3, -0.25) is 4.55 Å². The van der Waals surface area contributed by atoms with Gasteiger partial charge in [-0.25, -0.2) is 9.59 Å². The van der Waals surface area contributed by atoms with Crippen LogP contribution in [-0.2, 0) is 19.6 Å². The molecule has 1 N–H and O–H groups in total. The number of hydrogen-bond acceptors (Lipinski definition) is 6. The molecular formula is C44H74O7S. The summed E-state index contributed by atoms with van der Waals surface area (Å²) in [6.45, 7) is 7.83. The summed E-state index contributed by atoms with van der Waals surface area (Å²) in [6.07, 6.45) is 39.8. The van der Waals surface area contributed by atoms with Crippen LogP contribution in [0.3, 0.4) is 0 Å². The van der Waals surface area contributed by atoms with Crippen molar-refractivity contribution in [1.82, 2.24) is 0 Å². The van der Waals surface area contributed by atoms with Gasteiger partial charge < -0.3 is 9.47 Å². The summed E-state index contributed by atoms with van der Waals surface area (Å²) in [5, 5.41) is 0. The van der Waals surface area contributed by atoms with Gasteiger partial charge in [-0.05, 0) is 50.7 Å². The lowest BCUT2D eigenvalue weighted by molar-refractivity contribution is 0.0446. The van der Waals surface area contributed by atoms with Gasteiger partial charge in [0.05, 0.1) is 24.3 Å². The van der Waals surface area contributed by atoms with E-state index in [0.717, 1.165) is 57.4 Å². The molecular weight excluding hydrogens is 673 g/mol. The smallest absolute Gasteiger partial charge is 0.340 e. The second kappa shape index (κ2) is 33.1. The topological polar surface area (TPSA) is 107 Å². The average molecular weight is 747 g/mol. The Bertz CT molecular complexity index is 1180. The SMILES string of the molecule is C=CCCCCCCCCCCCCCCCCOC(=O)c1cccc(S(=O)(=O)O)c1C(=O)OCCCCCCCCCCCCCCCCC=C. The van der Waals surface area contributed by atoms with Crippen LogP contribution in [0, 0.1) is 0 Å². The molecule has 0 saturated heterocycles. The summed E-state index contributed by atoms with van der Waals surface area (Å²) >= 11 is 0. The molecule has 0 bridgehead atoms. The Hall–Kier alpha value is -2.45. The molecule has 298 valence electrons. The van der Waals surface area contributed by atoms with Crippen molar-refractivity contribution in [2.45, 2.75) is 198 Å². The van der Waals surface area contributed by atoms with Crippen molar-refractivity contribution in [1.29, 1.82) is 0 Å². The normalized spacial score (nSPS) is 11.4. The molecule has 1 aromatic rings. The first-order chi connectivity index (χ1) is 25.3. The van der Waals surface area contributed by atoms with Gasteiger partial charge in [-0.1, -0.05) is 172 Å². The van der Waals surface area contributed by atoms with Gasteiger partial charge in [-0.15, -0.1) is 13.2 Å². The molecule has 0 aliphatic heterocycles. The number of esters is 2. The molecule has 0 heterocycles. The highest BCUT2D eigenvalue weighted by molar-refractivity contribution is 7.86. The Labute approximate surface area is 318 Å². The van der Waals surface area contributed by atoms with E-state index in [2.05, 4.69) is 13.2 Å². The van der Waals surface area contributed by atoms with E-state index in [0.29, 0.717) is 12.8 Å². The molecule has 0 unspecified atom stereocenters. The van der Waals surface area contributed by atoms with Gasteiger partial charge in [-0.2, -0.15) is 8.42 Å². The molecule has 1 rings (SSSR count). The van der Waals surface area contributed by atoms with Crippen LogP contribution >= 0.6 is 0 Å². The molecule has 0 aliphatic carbocycles. The average Bonchev–Trinajstić information content (AvgIpc) is 3.13. The van der Waals surface area contributed by atoms with Crippen molar-refractivity contribution < 1.29 is 32.0 Å². The fourth-order valence-corrected chi connectivity index (χ4v) is 7.33. The Kier molecular flexibility index (Phi) is 30.3. The molecule has 0 atom stereocenters. The Morgan fingerprint density at radius 3 is 1.13 bits per heavy atom. The number of carbonyl (C=O) groups is 2. The molecule has 0 saturated carbocycles. The largest absolute Gasteiger partial charge is 0.462 e. The quantitative estimate of drug-likeness (QED) is 0.0312. The summed E-state index contributed by atoms with van der Waals surface area (Å²) in [6, 6.07) is 3.75. The Morgan fingerprint density at radius 2 is 0.808 bits per heavy atom. The molecule has 8 heteroatoms. The molecule has 0 amide bonds. The lowest BCUT2D eigenvalue weighted by Crippen LogP contribution is -2.19. The second-order valence-corrected chi connectivity index (χ2v) is 15.9. The summed E-state index contributed by atoms with van der Waals surface area (Å²) in [4.78, 5) is 25.3. The number of benzene rings is 1. The summed E-state index contributed by atoms with van der Waals surface area (Å²) < 4.78 is 44.7. The van der Waals surface area contributed by atoms with Crippen LogP contribution in [0.4, 0.5) is 0 Å². The number of ether oxygens (including phenoxy) is 2. The molecule has 0 fully saturated rings. The standard InChI is InChI=1S/C44H74O7S/c1-3-5-7-9-11-13-15-17-19-21-23-25-27-29-31-33-38-50-43(45)40-36-35-37-41(52(47,48)49)42(40)44(46)51-39-34-32-30-28-26-24-22-20-18-16-14-12-10-8-6-4-2/h3-4,35-37H,1-2,5-34,38-39H2,(H,47,48,49). The predicted octanol–water partition coefficient (Wildman–Crippen LogP) is 13.3. The van der Waals surface area contributed by atoms with Crippen LogP contribution in [0.15, 0.2) is 48.4 Å². The number of unbranched alkanes of at least 4 members (excludes halogenated alkanes) is 28. The van der Waals surface area contributed by atoms with Crippen LogP contribution in [0.2, 0.25) is 0 Å². The van der Waals surface area contributed by atoms with Crippen LogP contribution in [0.25, 0.3) is 0 Å². The lowest BCUT2D eigenvalue weighted by atomic mass is 10.0. The molecule has 0 radical (unpaired) electrons. The Morgan fingerprint density at radius 1 is 0.500 bits per heavy atom. The third-order valence-corrected chi connectivity index (χ3v) is 10.7. The van der Waals surface area contributed by atoms with Crippen LogP contribution in [0.1, 0.15) is 213 Å². The van der Waals surface area contributed by atoms with Gasteiger partial charge in [0.2, 0.25) is 0 Å². The lowest BCUT2D eigenvalue weighted by Gasteiger charge is -2.13. The monoisotopic (exact) mass is 747 g/mol. The van der Waals surface area contributed by atoms with E-state index in [1.54, 1.807) is 0 Å². The maximum atomic E-state index is 13.0. The molecule has 0 spiro atoms. The first-order valence-corrected chi connectivity index (χ1v) is 22.4. The zero-order valence-electron chi connectivity index (χ0n) is 32.7. The van der Waals surface area contributed by atoms with Gasteiger partial charge in [0.25, 0.3) is 10.1 Å². The minimum absolute atomic E-state index is 0.109. The van der Waals surface area contributed by atoms with E-state index in [9.17, 15) is 22.6 Å². The maximum Gasteiger partial charge on any atom is 0.340 e. The minimum atomic E-state index is -4.76. The van der Waals surface area contributed by atoms with Crippen molar-refractivity contribution >= 4 is 22.1 Å². The van der Waals surface area contributed by atoms with E-state index < -0.39 is 32.5 Å². The highest BCUT2D eigenvalue weighted by atomic mass is 32.2. The van der Waals surface area contributed by atoms with E-state index in [-0.39, 0.29) is 18.8 Å². The highest BCUT2D eigenvalue weighted by Gasteiger charge is 2.28. The first-order valence-electron chi connectivity index (χ1n) is 21.0. The zero-order chi connectivity index (χ0) is 38.0. The Balaban J connectivity index is 2.24. The number of rotatable bonds is 37. The molecule has 52 heavy (non-hydrogen) atoms. The minimum Gasteiger partial charge on any atom is -0.462 e. The van der Waals surface area contributed by atoms with E-state index in [1.807, 2.05) is 12.2 Å². The van der Waals surface area contributed by atoms with Crippen molar-refractivity contribution in [3.8, 4) is 0 Å². The van der Waals surface area contributed by atoms with Crippen molar-refractivity contribution in [3.05, 3.63) is 54.6 Å². The maximum absolute atomic E-state index is 13.0. The van der Waals surface area contributed by atoms with Gasteiger partial charge in [0.1, 0.15) is 4.90 Å². The van der Waals surface area contributed by atoms with Gasteiger partial charge in [0, 0.05) is 0 Å². The van der Waals surface area contributed by atoms with E-state index in [4.69, 9.17) is 9.47 Å². The fourth-order valence-electron chi connectivity index (χ4n) is 6.63. The van der Waals surface area contributed by atoms with Crippen LogP contribution in [-0.4, -0.2) is 38.1 Å². The van der Waals surface area contributed by atoms with E-state index in [1.165, 1.54) is 141 Å². The summed E-state index contributed by atoms with van der Waals surface area (Å²) in [7, 11) is -4.76. The third kappa shape index (κ3) is 25.5. The highest BCUT2D eigenvalue weighted by Crippen LogP contribution is 2.23. The number of carbonyl (C=O) groups excluding carboxylic acids is 2. The number of hydrogen-bond donors (Lipinski definition) is 1. The fraction of sp³-hybridized carbons (Fsp3) is 0.727. The molecule has 7 nitrogen and oxygen atoms in total. The molecule has 0 aliphatic rings. The predicted molar refractivity (Wildman–Crippen MR) is 216 cm³/mol. The number of allylic oxidation sites excluding steroid dienone is 2. The van der Waals surface area contributed by atoms with Gasteiger partial charge in [0.15, 0.2) is 0 Å². The second-order valence-electron chi connectivity index (χ2n) is 14.5. The van der Waals surface area contributed by atoms with Crippen molar-refractivity contribution in [2.75, 3.05) is 13.2 Å². The summed E-state index contributed by atoms with van der Waals surface area (Å²) in [5.41, 5.74) is -0.678. The molecule has 0 aromatic heterocycles.